The first-order chi connectivity index (χ1) is 48.3. The summed E-state index contributed by atoms with van der Waals surface area (Å²) in [6, 6.07) is -0.885. The van der Waals surface area contributed by atoms with Gasteiger partial charge in [0.15, 0.2) is 18.9 Å². The number of aliphatic hydroxyl groups excluding tert-OH is 11. The van der Waals surface area contributed by atoms with Crippen molar-refractivity contribution in [1.82, 2.24) is 5.32 Å². The van der Waals surface area contributed by atoms with E-state index in [9.17, 15) is 61.0 Å². The number of amides is 1. The molecule has 99 heavy (non-hydrogen) atoms. The van der Waals surface area contributed by atoms with Crippen molar-refractivity contribution in [3.8, 4) is 0 Å². The van der Waals surface area contributed by atoms with Crippen LogP contribution in [0.5, 0.6) is 0 Å². The van der Waals surface area contributed by atoms with Crippen molar-refractivity contribution in [2.24, 2.45) is 0 Å². The van der Waals surface area contributed by atoms with E-state index in [0.717, 1.165) is 77.0 Å². The molecule has 12 N–H and O–H groups in total. The van der Waals surface area contributed by atoms with Crippen molar-refractivity contribution in [1.29, 1.82) is 0 Å². The van der Waals surface area contributed by atoms with Gasteiger partial charge in [0.2, 0.25) is 5.91 Å². The maximum Gasteiger partial charge on any atom is 0.220 e. The summed E-state index contributed by atoms with van der Waals surface area (Å²) in [5.41, 5.74) is 0. The van der Waals surface area contributed by atoms with Gasteiger partial charge in [0.25, 0.3) is 0 Å². The molecule has 0 aromatic heterocycles. The van der Waals surface area contributed by atoms with E-state index in [-0.39, 0.29) is 18.9 Å². The van der Waals surface area contributed by atoms with E-state index < -0.39 is 124 Å². The van der Waals surface area contributed by atoms with Crippen molar-refractivity contribution in [3.05, 3.63) is 60.8 Å². The third kappa shape index (κ3) is 41.1. The summed E-state index contributed by atoms with van der Waals surface area (Å²) in [4.78, 5) is 13.4. The van der Waals surface area contributed by atoms with Gasteiger partial charge in [-0.3, -0.25) is 4.79 Å². The lowest BCUT2D eigenvalue weighted by atomic mass is 9.96. The molecule has 19 nitrogen and oxygen atoms in total. The van der Waals surface area contributed by atoms with E-state index in [4.69, 9.17) is 28.4 Å². The molecule has 17 unspecified atom stereocenters. The topological polar surface area (TPSA) is 307 Å². The van der Waals surface area contributed by atoms with Gasteiger partial charge < -0.3 is 89.9 Å². The number of aliphatic hydroxyl groups is 11. The Labute approximate surface area is 598 Å². The lowest BCUT2D eigenvalue weighted by Gasteiger charge is -2.48. The highest BCUT2D eigenvalue weighted by atomic mass is 16.8. The minimum Gasteiger partial charge on any atom is -0.394 e. The summed E-state index contributed by atoms with van der Waals surface area (Å²) in [7, 11) is 0. The normalized spacial score (nSPS) is 26.9. The lowest BCUT2D eigenvalue weighted by Crippen LogP contribution is -2.66. The molecule has 0 aromatic rings. The average Bonchev–Trinajstić information content (AvgIpc) is 0.785. The van der Waals surface area contributed by atoms with Crippen molar-refractivity contribution < 1.29 is 89.4 Å². The molecular formula is C80H145NO18. The van der Waals surface area contributed by atoms with Crippen LogP contribution < -0.4 is 5.32 Å². The number of unbranched alkanes of at least 4 members (excludes halogenated alkanes) is 37. The fourth-order valence-corrected chi connectivity index (χ4v) is 13.5. The Kier molecular flexibility index (Phi) is 55.6. The molecule has 0 bridgehead atoms. The van der Waals surface area contributed by atoms with Crippen LogP contribution in [0.2, 0.25) is 0 Å². The highest BCUT2D eigenvalue weighted by Crippen LogP contribution is 2.33. The van der Waals surface area contributed by atoms with Gasteiger partial charge in [-0.2, -0.15) is 0 Å². The third-order valence-corrected chi connectivity index (χ3v) is 19.9. The van der Waals surface area contributed by atoms with Gasteiger partial charge in [-0.1, -0.05) is 306 Å². The summed E-state index contributed by atoms with van der Waals surface area (Å²) in [6.45, 7) is 1.70. The molecule has 0 aromatic carbocycles. The highest BCUT2D eigenvalue weighted by Gasteiger charge is 2.54. The number of hydrogen-bond donors (Lipinski definition) is 12. The van der Waals surface area contributed by atoms with E-state index >= 15 is 0 Å². The summed E-state index contributed by atoms with van der Waals surface area (Å²) in [5.74, 6) is -0.239. The monoisotopic (exact) mass is 1410 g/mol. The van der Waals surface area contributed by atoms with Crippen molar-refractivity contribution >= 4 is 5.91 Å². The van der Waals surface area contributed by atoms with Crippen LogP contribution in [0.15, 0.2) is 60.8 Å². The first kappa shape index (κ1) is 90.7. The molecule has 3 rings (SSSR count). The molecule has 0 radical (unpaired) electrons. The first-order valence-electron chi connectivity index (χ1n) is 40.0. The summed E-state index contributed by atoms with van der Waals surface area (Å²) in [6.07, 6.45) is 50.6. The largest absolute Gasteiger partial charge is 0.394 e. The van der Waals surface area contributed by atoms with Gasteiger partial charge in [-0.25, -0.2) is 0 Å². The van der Waals surface area contributed by atoms with Crippen LogP contribution in [0.4, 0.5) is 0 Å². The third-order valence-electron chi connectivity index (χ3n) is 19.9. The first-order valence-corrected chi connectivity index (χ1v) is 40.0. The Bertz CT molecular complexity index is 2020. The Balaban J connectivity index is 1.26. The zero-order chi connectivity index (χ0) is 71.8. The van der Waals surface area contributed by atoms with Crippen LogP contribution in [0.1, 0.15) is 309 Å². The molecule has 3 heterocycles. The molecule has 578 valence electrons. The Morgan fingerprint density at radius 2 is 0.697 bits per heavy atom. The van der Waals surface area contributed by atoms with Crippen molar-refractivity contribution in [2.75, 3.05) is 26.4 Å². The Hall–Kier alpha value is -2.51. The molecule has 1 amide bonds. The molecule has 3 fully saturated rings. The predicted octanol–water partition coefficient (Wildman–Crippen LogP) is 13.1. The summed E-state index contributed by atoms with van der Waals surface area (Å²) in [5, 5.41) is 121. The number of carbonyl (C=O) groups is 1. The summed E-state index contributed by atoms with van der Waals surface area (Å²) >= 11 is 0. The smallest absolute Gasteiger partial charge is 0.220 e. The Morgan fingerprint density at radius 3 is 1.09 bits per heavy atom. The second-order valence-corrected chi connectivity index (χ2v) is 28.5. The molecule has 3 saturated heterocycles. The standard InChI is InChI=1S/C80H145NO18/c1-3-5-7-9-11-13-15-17-18-19-20-21-22-23-24-25-26-27-28-29-30-31-32-33-34-35-36-37-38-39-40-41-42-43-44-46-48-50-52-54-56-58-68(86)81-63(64(85)57-55-53-51-49-47-45-16-14-12-10-8-6-4-2)62-94-78-74(92)71(89)76(66(60-83)96-78)99-80-75(93)72(90)77(67(61-84)97-80)98-79-73(91)70(88)69(87)65(59-82)95-79/h5,7,11,13,17-18,20-21,23-24,63-67,69-80,82-85,87-93H,3-4,6,8-10,12,14-16,19,22,25-62H2,1-2H3,(H,81,86)/b7-5-,13-11-,18-17-,21-20-,24-23-. The molecule has 3 aliphatic heterocycles. The van der Waals surface area contributed by atoms with Crippen LogP contribution >= 0.6 is 0 Å². The number of ether oxygens (including phenoxy) is 6. The number of carbonyl (C=O) groups excluding carboxylic acids is 1. The van der Waals surface area contributed by atoms with Crippen LogP contribution in [0.25, 0.3) is 0 Å². The van der Waals surface area contributed by atoms with Gasteiger partial charge in [-0.15, -0.1) is 0 Å². The maximum absolute atomic E-state index is 13.4. The predicted molar refractivity (Wildman–Crippen MR) is 392 cm³/mol. The van der Waals surface area contributed by atoms with Gasteiger partial charge in [0.05, 0.1) is 38.6 Å². The highest BCUT2D eigenvalue weighted by molar-refractivity contribution is 5.76. The van der Waals surface area contributed by atoms with Gasteiger partial charge in [0, 0.05) is 6.42 Å². The number of rotatable bonds is 63. The quantitative estimate of drug-likeness (QED) is 0.0199. The number of hydrogen-bond acceptors (Lipinski definition) is 18. The number of nitrogens with one attached hydrogen (secondary N) is 1. The van der Waals surface area contributed by atoms with Gasteiger partial charge >= 0.3 is 0 Å². The minimum atomic E-state index is -1.97. The Morgan fingerprint density at radius 1 is 0.374 bits per heavy atom. The van der Waals surface area contributed by atoms with Crippen LogP contribution in [-0.2, 0) is 33.2 Å². The molecule has 3 aliphatic rings. The SMILES string of the molecule is CC/C=C\C/C=C\C/C=C\C/C=C\C/C=C\CCCCCCCCCCCCCCCCCCCCCCCCCCCC(=O)NC(COC1OC(CO)C(OC2OC(CO)C(OC3OC(CO)C(O)C(O)C3O)C(O)C2O)C(O)C1O)C(O)CCCCCCCCCCCCCCC. The lowest BCUT2D eigenvalue weighted by molar-refractivity contribution is -0.379. The van der Waals surface area contributed by atoms with E-state index in [1.807, 2.05) is 0 Å². The average molecular weight is 1410 g/mol. The molecular weight excluding hydrogens is 1260 g/mol. The molecule has 0 spiro atoms. The van der Waals surface area contributed by atoms with Crippen LogP contribution in [-0.4, -0.2) is 193 Å². The fourth-order valence-electron chi connectivity index (χ4n) is 13.5. The van der Waals surface area contributed by atoms with Crippen LogP contribution in [0.3, 0.4) is 0 Å². The minimum absolute atomic E-state index is 0.239. The van der Waals surface area contributed by atoms with Crippen molar-refractivity contribution in [2.45, 2.75) is 413 Å². The maximum atomic E-state index is 13.4. The van der Waals surface area contributed by atoms with Crippen LogP contribution in [0, 0.1) is 0 Å². The molecule has 17 atom stereocenters. The second kappa shape index (κ2) is 60.7. The van der Waals surface area contributed by atoms with E-state index in [1.54, 1.807) is 0 Å². The van der Waals surface area contributed by atoms with E-state index in [2.05, 4.69) is 79.9 Å². The molecule has 0 aliphatic carbocycles. The van der Waals surface area contributed by atoms with Crippen molar-refractivity contribution in [3.63, 3.8) is 0 Å². The molecule has 19 heteroatoms. The van der Waals surface area contributed by atoms with Gasteiger partial charge in [-0.05, 0) is 57.8 Å². The summed E-state index contributed by atoms with van der Waals surface area (Å²) < 4.78 is 34.4. The number of allylic oxidation sites excluding steroid dienone is 10. The van der Waals surface area contributed by atoms with E-state index in [0.29, 0.717) is 12.8 Å². The zero-order valence-corrected chi connectivity index (χ0v) is 61.7. The second-order valence-electron chi connectivity index (χ2n) is 28.5. The zero-order valence-electron chi connectivity index (χ0n) is 61.7. The van der Waals surface area contributed by atoms with E-state index in [1.165, 1.54) is 199 Å². The molecule has 0 saturated carbocycles. The fraction of sp³-hybridized carbons (Fsp3) is 0.863. The van der Waals surface area contributed by atoms with Gasteiger partial charge in [0.1, 0.15) is 73.2 Å².